The van der Waals surface area contributed by atoms with Crippen LogP contribution in [0, 0.1) is 6.92 Å². The van der Waals surface area contributed by atoms with Crippen molar-refractivity contribution in [1.82, 2.24) is 0 Å². The molecular formula is C20H30O. The third-order valence-corrected chi connectivity index (χ3v) is 4.66. The summed E-state index contributed by atoms with van der Waals surface area (Å²) >= 11 is 0. The molecule has 0 saturated heterocycles. The highest BCUT2D eigenvalue weighted by atomic mass is 16.1. The quantitative estimate of drug-likeness (QED) is 0.615. The molecule has 0 aliphatic heterocycles. The molecule has 0 aliphatic rings. The zero-order valence-corrected chi connectivity index (χ0v) is 14.5. The minimum absolute atomic E-state index is 0.296. The van der Waals surface area contributed by atoms with E-state index in [1.165, 1.54) is 22.3 Å². The maximum absolute atomic E-state index is 12.5. The van der Waals surface area contributed by atoms with Gasteiger partial charge in [0.05, 0.1) is 5.41 Å². The van der Waals surface area contributed by atoms with E-state index in [0.717, 1.165) is 25.7 Å². The van der Waals surface area contributed by atoms with Crippen molar-refractivity contribution in [3.8, 4) is 0 Å². The summed E-state index contributed by atoms with van der Waals surface area (Å²) in [5.74, 6) is 0.310. The van der Waals surface area contributed by atoms with Gasteiger partial charge in [0.2, 0.25) is 0 Å². The van der Waals surface area contributed by atoms with Crippen LogP contribution in [0.3, 0.4) is 0 Å². The van der Waals surface area contributed by atoms with E-state index in [-0.39, 0.29) is 5.41 Å². The van der Waals surface area contributed by atoms with Gasteiger partial charge in [0.1, 0.15) is 5.78 Å². The maximum atomic E-state index is 12.5. The van der Waals surface area contributed by atoms with Crippen LogP contribution in [0.2, 0.25) is 0 Å². The van der Waals surface area contributed by atoms with Crippen molar-refractivity contribution in [2.75, 3.05) is 0 Å². The van der Waals surface area contributed by atoms with Gasteiger partial charge in [-0.25, -0.2) is 0 Å². The molecule has 21 heavy (non-hydrogen) atoms. The second-order valence-electron chi connectivity index (χ2n) is 6.14. The van der Waals surface area contributed by atoms with Gasteiger partial charge in [-0.2, -0.15) is 0 Å². The van der Waals surface area contributed by atoms with Crippen LogP contribution in [-0.2, 0) is 10.2 Å². The van der Waals surface area contributed by atoms with E-state index in [2.05, 4.69) is 58.9 Å². The summed E-state index contributed by atoms with van der Waals surface area (Å²) in [5.41, 5.74) is 4.71. The summed E-state index contributed by atoms with van der Waals surface area (Å²) in [6, 6.07) is 6.58. The molecule has 0 radical (unpaired) electrons. The monoisotopic (exact) mass is 286 g/mol. The number of carbonyl (C=O) groups excluding carboxylic acids is 1. The predicted octanol–water partition coefficient (Wildman–Crippen LogP) is 5.85. The molecule has 0 atom stereocenters. The molecule has 1 heteroatoms. The van der Waals surface area contributed by atoms with Crippen LogP contribution in [-0.4, -0.2) is 5.78 Å². The predicted molar refractivity (Wildman–Crippen MR) is 92.7 cm³/mol. The van der Waals surface area contributed by atoms with Crippen molar-refractivity contribution < 1.29 is 4.79 Å². The van der Waals surface area contributed by atoms with Crippen LogP contribution >= 0.6 is 0 Å². The fourth-order valence-electron chi connectivity index (χ4n) is 3.40. The summed E-state index contributed by atoms with van der Waals surface area (Å²) in [7, 11) is 0. The normalized spacial score (nSPS) is 12.6. The first-order valence-electron chi connectivity index (χ1n) is 8.18. The molecule has 1 rings (SSSR count). The molecule has 0 bridgehead atoms. The number of benzene rings is 1. The fourth-order valence-corrected chi connectivity index (χ4v) is 3.40. The average Bonchev–Trinajstić information content (AvgIpc) is 2.45. The Bertz CT molecular complexity index is 517. The molecule has 0 spiro atoms. The number of ketones is 1. The largest absolute Gasteiger partial charge is 0.299 e. The Labute approximate surface area is 130 Å². The minimum Gasteiger partial charge on any atom is -0.299 e. The smallest absolute Gasteiger partial charge is 0.140 e. The molecule has 116 valence electrons. The molecule has 0 amide bonds. The van der Waals surface area contributed by atoms with Gasteiger partial charge < -0.3 is 0 Å². The number of hydrogen-bond donors (Lipinski definition) is 0. The van der Waals surface area contributed by atoms with Gasteiger partial charge in [-0.3, -0.25) is 4.79 Å². The fraction of sp³-hybridized carbons (Fsp3) is 0.550. The van der Waals surface area contributed by atoms with Crippen molar-refractivity contribution in [3.63, 3.8) is 0 Å². The second-order valence-corrected chi connectivity index (χ2v) is 6.14. The number of hydrogen-bond acceptors (Lipinski definition) is 1. The number of aryl methyl sites for hydroxylation is 1. The summed E-state index contributed by atoms with van der Waals surface area (Å²) < 4.78 is 0. The van der Waals surface area contributed by atoms with Crippen LogP contribution < -0.4 is 0 Å². The lowest BCUT2D eigenvalue weighted by Gasteiger charge is -2.33. The number of carbonyl (C=O) groups is 1. The van der Waals surface area contributed by atoms with Gasteiger partial charge in [-0.1, -0.05) is 51.0 Å². The first-order valence-corrected chi connectivity index (χ1v) is 8.18. The summed E-state index contributed by atoms with van der Waals surface area (Å²) in [5, 5.41) is 0. The SMILES string of the molecule is C/C=C(\C)c1ccc(C(CCC)(CCC)C(C)=O)c(C)c1. The van der Waals surface area contributed by atoms with E-state index in [1.54, 1.807) is 6.92 Å². The van der Waals surface area contributed by atoms with Gasteiger partial charge in [-0.05, 0) is 62.8 Å². The van der Waals surface area contributed by atoms with Gasteiger partial charge in [0, 0.05) is 0 Å². The Morgan fingerprint density at radius 2 is 1.71 bits per heavy atom. The van der Waals surface area contributed by atoms with Gasteiger partial charge in [0.25, 0.3) is 0 Å². The Kier molecular flexibility index (Phi) is 6.39. The molecule has 0 saturated carbocycles. The lowest BCUT2D eigenvalue weighted by molar-refractivity contribution is -0.123. The first kappa shape index (κ1) is 17.7. The zero-order chi connectivity index (χ0) is 16.0. The standard InChI is InChI=1S/C20H30O/c1-7-12-20(13-8-2,17(6)21)19-11-10-18(14-16(19)5)15(4)9-3/h9-11,14H,7-8,12-13H2,1-6H3/b15-9+. The molecule has 1 aromatic rings. The van der Waals surface area contributed by atoms with Crippen molar-refractivity contribution in [2.45, 2.75) is 72.6 Å². The molecule has 0 heterocycles. The summed E-state index contributed by atoms with van der Waals surface area (Å²) in [4.78, 5) is 12.5. The molecular weight excluding hydrogens is 256 g/mol. The lowest BCUT2D eigenvalue weighted by atomic mass is 9.69. The topological polar surface area (TPSA) is 17.1 Å². The second kappa shape index (κ2) is 7.59. The van der Waals surface area contributed by atoms with Crippen LogP contribution in [0.5, 0.6) is 0 Å². The van der Waals surface area contributed by atoms with Crippen molar-refractivity contribution in [1.29, 1.82) is 0 Å². The Morgan fingerprint density at radius 3 is 2.10 bits per heavy atom. The number of rotatable bonds is 7. The molecule has 1 aromatic carbocycles. The Balaban J connectivity index is 3.41. The Hall–Kier alpha value is -1.37. The summed E-state index contributed by atoms with van der Waals surface area (Å²) in [6.45, 7) is 12.4. The highest BCUT2D eigenvalue weighted by Crippen LogP contribution is 2.38. The van der Waals surface area contributed by atoms with Gasteiger partial charge in [0.15, 0.2) is 0 Å². The molecule has 0 aromatic heterocycles. The van der Waals surface area contributed by atoms with E-state index in [9.17, 15) is 4.79 Å². The van der Waals surface area contributed by atoms with Crippen LogP contribution in [0.15, 0.2) is 24.3 Å². The third kappa shape index (κ3) is 3.64. The minimum atomic E-state index is -0.296. The van der Waals surface area contributed by atoms with Crippen LogP contribution in [0.25, 0.3) is 5.57 Å². The first-order chi connectivity index (χ1) is 9.92. The van der Waals surface area contributed by atoms with Crippen molar-refractivity contribution in [2.24, 2.45) is 0 Å². The van der Waals surface area contributed by atoms with Gasteiger partial charge >= 0.3 is 0 Å². The van der Waals surface area contributed by atoms with E-state index in [1.807, 2.05) is 0 Å². The Morgan fingerprint density at radius 1 is 1.14 bits per heavy atom. The van der Waals surface area contributed by atoms with E-state index < -0.39 is 0 Å². The number of Topliss-reactive ketones (excluding diaryl/α,β-unsaturated/α-hetero) is 1. The van der Waals surface area contributed by atoms with Crippen LogP contribution in [0.1, 0.15) is 77.0 Å². The van der Waals surface area contributed by atoms with Crippen molar-refractivity contribution in [3.05, 3.63) is 41.0 Å². The lowest BCUT2D eigenvalue weighted by Crippen LogP contribution is -2.35. The molecule has 0 aliphatic carbocycles. The molecule has 0 fully saturated rings. The van der Waals surface area contributed by atoms with Crippen molar-refractivity contribution >= 4 is 11.4 Å². The maximum Gasteiger partial charge on any atom is 0.140 e. The molecule has 0 unspecified atom stereocenters. The molecule has 1 nitrogen and oxygen atoms in total. The summed E-state index contributed by atoms with van der Waals surface area (Å²) in [6.07, 6.45) is 6.09. The highest BCUT2D eigenvalue weighted by Gasteiger charge is 2.36. The molecule has 0 N–H and O–H groups in total. The van der Waals surface area contributed by atoms with E-state index >= 15 is 0 Å². The van der Waals surface area contributed by atoms with Gasteiger partial charge in [-0.15, -0.1) is 0 Å². The zero-order valence-electron chi connectivity index (χ0n) is 14.5. The number of allylic oxidation sites excluding steroid dienone is 2. The highest BCUT2D eigenvalue weighted by molar-refractivity contribution is 5.88. The van der Waals surface area contributed by atoms with Crippen LogP contribution in [0.4, 0.5) is 0 Å². The van der Waals surface area contributed by atoms with E-state index in [0.29, 0.717) is 5.78 Å². The third-order valence-electron chi connectivity index (χ3n) is 4.66. The average molecular weight is 286 g/mol. The van der Waals surface area contributed by atoms with E-state index in [4.69, 9.17) is 0 Å².